The smallest absolute Gasteiger partial charge is 0.187 e. The van der Waals surface area contributed by atoms with Crippen LogP contribution in [0.25, 0.3) is 72.4 Å². The molecule has 0 fully saturated rings. The predicted octanol–water partition coefficient (Wildman–Crippen LogP) is 13.1. The molecule has 0 unspecified atom stereocenters. The van der Waals surface area contributed by atoms with Crippen LogP contribution >= 0.6 is 0 Å². The van der Waals surface area contributed by atoms with Gasteiger partial charge < -0.3 is 0 Å². The van der Waals surface area contributed by atoms with Crippen LogP contribution in [-0.2, 0) is 5.41 Å². The van der Waals surface area contributed by atoms with Gasteiger partial charge in [-0.25, -0.2) is 19.8 Å². The summed E-state index contributed by atoms with van der Waals surface area (Å²) in [6, 6.07) is 71.6. The van der Waals surface area contributed by atoms with E-state index in [4.69, 9.17) is 21.5 Å². The quantitative estimate of drug-likeness (QED) is 0.154. The van der Waals surface area contributed by atoms with E-state index in [1.54, 1.807) is 0 Å². The summed E-state index contributed by atoms with van der Waals surface area (Å²) in [5, 5.41) is 0. The molecule has 1 aliphatic rings. The van der Waals surface area contributed by atoms with Gasteiger partial charge in [0.05, 0.1) is 12.0 Å². The number of hydrogen-bond donors (Lipinski definition) is 0. The summed E-state index contributed by atoms with van der Waals surface area (Å²) in [4.78, 5) is 19.0. The largest absolute Gasteiger partial charge is 0.238 e. The highest BCUT2D eigenvalue weighted by molar-refractivity contribution is 5.90. The fourth-order valence-corrected chi connectivity index (χ4v) is 8.44. The van der Waals surface area contributed by atoms with Gasteiger partial charge >= 0.3 is 0 Å². The summed E-state index contributed by atoms with van der Waals surface area (Å²) in [5.74, 6) is 1.86. The molecule has 9 aromatic rings. The fraction of sp³-hybridized carbons (Fsp3) is 0.0189. The van der Waals surface area contributed by atoms with Crippen molar-refractivity contribution >= 4 is 5.69 Å². The lowest BCUT2D eigenvalue weighted by Crippen LogP contribution is -2.28. The maximum absolute atomic E-state index is 7.87. The Morgan fingerprint density at radius 3 is 1.37 bits per heavy atom. The van der Waals surface area contributed by atoms with Crippen molar-refractivity contribution in [2.24, 2.45) is 0 Å². The minimum absolute atomic E-state index is 0.526. The Morgan fingerprint density at radius 2 is 0.772 bits per heavy atom. The van der Waals surface area contributed by atoms with Gasteiger partial charge in [-0.3, -0.25) is 0 Å². The molecule has 4 nitrogen and oxygen atoms in total. The minimum Gasteiger partial charge on any atom is -0.238 e. The number of aromatic nitrogens is 3. The van der Waals surface area contributed by atoms with Crippen LogP contribution in [0.4, 0.5) is 5.69 Å². The molecule has 4 heteroatoms. The Morgan fingerprint density at radius 1 is 0.333 bits per heavy atom. The normalized spacial score (nSPS) is 12.3. The van der Waals surface area contributed by atoms with Crippen LogP contribution in [-0.4, -0.2) is 15.0 Å². The van der Waals surface area contributed by atoms with E-state index in [2.05, 4.69) is 163 Å². The molecule has 0 saturated carbocycles. The van der Waals surface area contributed by atoms with Crippen molar-refractivity contribution in [1.29, 1.82) is 0 Å². The van der Waals surface area contributed by atoms with E-state index in [1.807, 2.05) is 48.5 Å². The number of nitrogens with zero attached hydrogens (tertiary/aromatic N) is 4. The Kier molecular flexibility index (Phi) is 8.39. The van der Waals surface area contributed by atoms with Crippen LogP contribution in [0.1, 0.15) is 22.3 Å². The van der Waals surface area contributed by atoms with Gasteiger partial charge in [0.2, 0.25) is 0 Å². The fourth-order valence-electron chi connectivity index (χ4n) is 8.44. The Labute approximate surface area is 332 Å². The first-order chi connectivity index (χ1) is 28.2. The van der Waals surface area contributed by atoms with E-state index >= 15 is 0 Å². The molecule has 0 saturated heterocycles. The zero-order valence-electron chi connectivity index (χ0n) is 30.9. The van der Waals surface area contributed by atoms with Crippen LogP contribution in [0.3, 0.4) is 0 Å². The molecule has 1 heterocycles. The Hall–Kier alpha value is -7.74. The number of hydrogen-bond acceptors (Lipinski definition) is 3. The van der Waals surface area contributed by atoms with E-state index in [-0.39, 0.29) is 0 Å². The second kappa shape index (κ2) is 14.2. The number of rotatable bonds is 7. The van der Waals surface area contributed by atoms with Crippen molar-refractivity contribution in [3.63, 3.8) is 0 Å². The first-order valence-corrected chi connectivity index (χ1v) is 19.1. The number of benzene rings is 8. The first kappa shape index (κ1) is 33.8. The minimum atomic E-state index is -0.526. The molecule has 10 rings (SSSR count). The average molecular weight is 727 g/mol. The van der Waals surface area contributed by atoms with Crippen LogP contribution in [0.15, 0.2) is 206 Å². The third-order valence-corrected chi connectivity index (χ3v) is 11.1. The van der Waals surface area contributed by atoms with Gasteiger partial charge in [-0.15, -0.1) is 0 Å². The maximum atomic E-state index is 7.87. The molecule has 57 heavy (non-hydrogen) atoms. The third-order valence-electron chi connectivity index (χ3n) is 11.1. The van der Waals surface area contributed by atoms with Crippen molar-refractivity contribution in [3.8, 4) is 67.5 Å². The highest BCUT2D eigenvalue weighted by Crippen LogP contribution is 2.57. The molecule has 1 aliphatic carbocycles. The zero-order valence-corrected chi connectivity index (χ0v) is 30.9. The van der Waals surface area contributed by atoms with Crippen LogP contribution in [0.5, 0.6) is 0 Å². The molecule has 8 aromatic carbocycles. The molecule has 0 atom stereocenters. The summed E-state index contributed by atoms with van der Waals surface area (Å²) in [7, 11) is 0. The highest BCUT2D eigenvalue weighted by Gasteiger charge is 2.46. The molecule has 0 bridgehead atoms. The molecule has 0 spiro atoms. The van der Waals surface area contributed by atoms with E-state index in [1.165, 1.54) is 22.3 Å². The van der Waals surface area contributed by atoms with E-state index in [0.29, 0.717) is 23.2 Å². The Bertz CT molecular complexity index is 2900. The van der Waals surface area contributed by atoms with Crippen molar-refractivity contribution in [3.05, 3.63) is 240 Å². The summed E-state index contributed by atoms with van der Waals surface area (Å²) in [5.41, 5.74) is 14.2. The van der Waals surface area contributed by atoms with Gasteiger partial charge in [0.1, 0.15) is 0 Å². The average Bonchev–Trinajstić information content (AvgIpc) is 3.59. The summed E-state index contributed by atoms with van der Waals surface area (Å²) < 4.78 is 0. The van der Waals surface area contributed by atoms with Crippen molar-refractivity contribution in [1.82, 2.24) is 15.0 Å². The van der Waals surface area contributed by atoms with Crippen molar-refractivity contribution in [2.75, 3.05) is 0 Å². The maximum Gasteiger partial charge on any atom is 0.187 e. The lowest BCUT2D eigenvalue weighted by Gasteiger charge is -2.34. The Balaban J connectivity index is 1.09. The second-order valence-corrected chi connectivity index (χ2v) is 14.2. The molecule has 0 N–H and O–H groups in total. The third kappa shape index (κ3) is 5.82. The molecule has 0 amide bonds. The zero-order chi connectivity index (χ0) is 38.2. The molecule has 266 valence electrons. The van der Waals surface area contributed by atoms with E-state index in [0.717, 1.165) is 50.1 Å². The summed E-state index contributed by atoms with van der Waals surface area (Å²) in [6.07, 6.45) is 0. The van der Waals surface area contributed by atoms with Gasteiger partial charge in [0.25, 0.3) is 0 Å². The van der Waals surface area contributed by atoms with E-state index < -0.39 is 5.41 Å². The SMILES string of the molecule is [C-]#[N+]c1ccc2c(c1)-c1cc(-c3ccc(-c4nc(-c5ccccc5)nc(-c5ccccc5-c5ccccc5)n4)cc3)ccc1C2(c1ccccc1)c1ccccc1. The van der Waals surface area contributed by atoms with Gasteiger partial charge in [0, 0.05) is 16.7 Å². The predicted molar refractivity (Wildman–Crippen MR) is 231 cm³/mol. The van der Waals surface area contributed by atoms with Crippen LogP contribution < -0.4 is 0 Å². The molecular formula is C53H34N4. The molecule has 0 aliphatic heterocycles. The second-order valence-electron chi connectivity index (χ2n) is 14.2. The summed E-state index contributed by atoms with van der Waals surface area (Å²) in [6.45, 7) is 7.87. The molecule has 0 radical (unpaired) electrons. The van der Waals surface area contributed by atoms with Crippen molar-refractivity contribution in [2.45, 2.75) is 5.41 Å². The van der Waals surface area contributed by atoms with Crippen LogP contribution in [0, 0.1) is 6.57 Å². The summed E-state index contributed by atoms with van der Waals surface area (Å²) >= 11 is 0. The standard InChI is InChI=1S/C53H34N4/c1-54-43-31-33-49-47(35-43)46-34-40(30-32-48(46)53(49,41-20-10-4-11-21-41)42-22-12-5-13-23-42)36-26-28-39(29-27-36)51-55-50(38-18-8-3-9-19-38)56-52(57-51)45-25-15-14-24-44(45)37-16-6-2-7-17-37/h2-35H. The van der Waals surface area contributed by atoms with Crippen molar-refractivity contribution < 1.29 is 0 Å². The lowest BCUT2D eigenvalue weighted by atomic mass is 9.67. The van der Waals surface area contributed by atoms with Gasteiger partial charge in [0.15, 0.2) is 23.2 Å². The highest BCUT2D eigenvalue weighted by atomic mass is 15.0. The lowest BCUT2D eigenvalue weighted by molar-refractivity contribution is 0.768. The first-order valence-electron chi connectivity index (χ1n) is 19.1. The monoisotopic (exact) mass is 726 g/mol. The van der Waals surface area contributed by atoms with Gasteiger partial charge in [-0.1, -0.05) is 194 Å². The number of fused-ring (bicyclic) bond motifs is 3. The van der Waals surface area contributed by atoms with E-state index in [9.17, 15) is 0 Å². The van der Waals surface area contributed by atoms with Crippen LogP contribution in [0.2, 0.25) is 0 Å². The molecule has 1 aromatic heterocycles. The molecular weight excluding hydrogens is 693 g/mol. The topological polar surface area (TPSA) is 43.0 Å². The van der Waals surface area contributed by atoms with Gasteiger partial charge in [-0.2, -0.15) is 0 Å². The van der Waals surface area contributed by atoms with Gasteiger partial charge in [-0.05, 0) is 67.8 Å².